The van der Waals surface area contributed by atoms with Crippen molar-refractivity contribution in [1.82, 2.24) is 5.32 Å². The van der Waals surface area contributed by atoms with Crippen molar-refractivity contribution in [2.24, 2.45) is 16.7 Å². The maximum Gasteiger partial charge on any atom is 0.328 e. The molecule has 0 saturated heterocycles. The van der Waals surface area contributed by atoms with E-state index in [-0.39, 0.29) is 27.9 Å². The number of rotatable bonds is 8. The van der Waals surface area contributed by atoms with Gasteiger partial charge in [0.25, 0.3) is 5.91 Å². The Bertz CT molecular complexity index is 1190. The molecule has 0 spiro atoms. The molecule has 0 aromatic heterocycles. The molecule has 1 aliphatic carbocycles. The van der Waals surface area contributed by atoms with E-state index in [9.17, 15) is 24.3 Å². The van der Waals surface area contributed by atoms with E-state index in [0.717, 1.165) is 0 Å². The fraction of sp³-hybridized carbons (Fsp3) is 0.407. The van der Waals surface area contributed by atoms with Gasteiger partial charge in [0, 0.05) is 18.0 Å². The molecule has 2 aromatic carbocycles. The first kappa shape index (κ1) is 28.5. The number of carboxylic acid groups (broad SMARTS) is 1. The van der Waals surface area contributed by atoms with Crippen LogP contribution >= 0.6 is 23.2 Å². The molecule has 0 radical (unpaired) electrons. The number of methoxy groups -OCH3 is 1. The minimum atomic E-state index is -1.05. The smallest absolute Gasteiger partial charge is 0.328 e. The lowest BCUT2D eigenvalue weighted by Gasteiger charge is -2.38. The van der Waals surface area contributed by atoms with Gasteiger partial charge in [-0.05, 0) is 55.0 Å². The second-order valence-electron chi connectivity index (χ2n) is 9.99. The van der Waals surface area contributed by atoms with Crippen molar-refractivity contribution in [3.63, 3.8) is 0 Å². The summed E-state index contributed by atoms with van der Waals surface area (Å²) in [6.45, 7) is 5.20. The number of hydrogen-bond donors (Lipinski definition) is 3. The highest BCUT2D eigenvalue weighted by Gasteiger charge is 2.58. The van der Waals surface area contributed by atoms with Gasteiger partial charge in [-0.15, -0.1) is 0 Å². The van der Waals surface area contributed by atoms with E-state index < -0.39 is 40.6 Å². The van der Waals surface area contributed by atoms with Gasteiger partial charge in [0.05, 0.1) is 28.1 Å². The van der Waals surface area contributed by atoms with Crippen LogP contribution in [0.4, 0.5) is 5.69 Å². The number of anilines is 1. The number of carbonyl (C=O) groups is 4. The quantitative estimate of drug-likeness (QED) is 0.400. The molecule has 0 heterocycles. The Morgan fingerprint density at radius 1 is 1.05 bits per heavy atom. The molecule has 1 fully saturated rings. The van der Waals surface area contributed by atoms with Gasteiger partial charge in [0.15, 0.2) is 0 Å². The fourth-order valence-corrected chi connectivity index (χ4v) is 5.39. The van der Waals surface area contributed by atoms with E-state index in [2.05, 4.69) is 10.6 Å². The highest BCUT2D eigenvalue weighted by atomic mass is 35.5. The Labute approximate surface area is 225 Å². The molecule has 0 bridgehead atoms. The second kappa shape index (κ2) is 11.1. The summed E-state index contributed by atoms with van der Waals surface area (Å²) in [5.74, 6) is -2.98. The maximum absolute atomic E-state index is 13.2. The SMILES string of the molecule is COC(=O)C(Cc1ccc(NC(=O)c2c(Cl)cccc2Cl)cc1)NC(=O)[C@H]1CC[C@@](C)(C(=O)O)C1(C)C. The van der Waals surface area contributed by atoms with Gasteiger partial charge < -0.3 is 20.5 Å². The molecule has 10 heteroatoms. The van der Waals surface area contributed by atoms with Crippen molar-refractivity contribution in [3.05, 3.63) is 63.6 Å². The van der Waals surface area contributed by atoms with E-state index in [0.29, 0.717) is 24.1 Å². The number of carboxylic acids is 1. The molecule has 1 unspecified atom stereocenters. The number of carbonyl (C=O) groups excluding carboxylic acids is 3. The molecule has 8 nitrogen and oxygen atoms in total. The zero-order valence-electron chi connectivity index (χ0n) is 21.1. The van der Waals surface area contributed by atoms with Gasteiger partial charge in [-0.1, -0.05) is 55.2 Å². The number of ether oxygens (including phenoxy) is 1. The first-order chi connectivity index (χ1) is 17.3. The van der Waals surface area contributed by atoms with Crippen LogP contribution in [0.2, 0.25) is 10.0 Å². The normalized spacial score (nSPS) is 21.1. The lowest BCUT2D eigenvalue weighted by molar-refractivity contribution is -0.156. The Morgan fingerprint density at radius 3 is 2.16 bits per heavy atom. The predicted molar refractivity (Wildman–Crippen MR) is 141 cm³/mol. The van der Waals surface area contributed by atoms with Crippen LogP contribution in [0.15, 0.2) is 42.5 Å². The van der Waals surface area contributed by atoms with Crippen molar-refractivity contribution in [1.29, 1.82) is 0 Å². The zero-order chi connectivity index (χ0) is 27.5. The second-order valence-corrected chi connectivity index (χ2v) is 10.8. The lowest BCUT2D eigenvalue weighted by atomic mass is 9.65. The molecule has 3 atom stereocenters. The molecule has 2 aromatic rings. The van der Waals surface area contributed by atoms with Gasteiger partial charge in [0.1, 0.15) is 6.04 Å². The zero-order valence-corrected chi connectivity index (χ0v) is 22.6. The highest BCUT2D eigenvalue weighted by molar-refractivity contribution is 6.40. The third kappa shape index (κ3) is 5.75. The Morgan fingerprint density at radius 2 is 1.65 bits per heavy atom. The van der Waals surface area contributed by atoms with Crippen molar-refractivity contribution < 1.29 is 29.0 Å². The van der Waals surface area contributed by atoms with Gasteiger partial charge in [-0.2, -0.15) is 0 Å². The summed E-state index contributed by atoms with van der Waals surface area (Å²) < 4.78 is 4.90. The van der Waals surface area contributed by atoms with E-state index in [1.807, 2.05) is 0 Å². The standard InChI is InChI=1S/C27H30Cl2N2O6/c1-26(2)17(12-13-27(26,3)25(35)36)22(32)31-20(24(34)37-4)14-15-8-10-16(11-9-15)30-23(33)21-18(28)6-5-7-19(21)29/h5-11,17,20H,12-14H2,1-4H3,(H,30,33)(H,31,32)(H,35,36)/t17-,20?,27+/m1/s1. The molecule has 2 amide bonds. The maximum atomic E-state index is 13.2. The number of amides is 2. The number of aliphatic carboxylic acids is 1. The Balaban J connectivity index is 1.71. The van der Waals surface area contributed by atoms with Gasteiger partial charge >= 0.3 is 11.9 Å². The molecule has 37 heavy (non-hydrogen) atoms. The number of esters is 1. The van der Waals surface area contributed by atoms with Crippen LogP contribution in [0.5, 0.6) is 0 Å². The van der Waals surface area contributed by atoms with Crippen LogP contribution in [0, 0.1) is 16.7 Å². The molecule has 0 aliphatic heterocycles. The Kier molecular flexibility index (Phi) is 8.55. The van der Waals surface area contributed by atoms with Crippen molar-refractivity contribution >= 4 is 52.6 Å². The molecule has 1 aliphatic rings. The molecule has 3 rings (SSSR count). The summed E-state index contributed by atoms with van der Waals surface area (Å²) in [6, 6.07) is 10.6. The summed E-state index contributed by atoms with van der Waals surface area (Å²) in [5, 5.41) is 15.7. The van der Waals surface area contributed by atoms with E-state index in [1.54, 1.807) is 63.2 Å². The van der Waals surface area contributed by atoms with Gasteiger partial charge in [-0.3, -0.25) is 14.4 Å². The monoisotopic (exact) mass is 548 g/mol. The van der Waals surface area contributed by atoms with Crippen LogP contribution < -0.4 is 10.6 Å². The number of benzene rings is 2. The Hall–Kier alpha value is -3.10. The third-order valence-electron chi connectivity index (χ3n) is 7.66. The van der Waals surface area contributed by atoms with E-state index in [1.165, 1.54) is 7.11 Å². The van der Waals surface area contributed by atoms with Crippen molar-refractivity contribution in [2.75, 3.05) is 12.4 Å². The van der Waals surface area contributed by atoms with E-state index >= 15 is 0 Å². The van der Waals surface area contributed by atoms with Crippen LogP contribution in [-0.4, -0.2) is 42.0 Å². The van der Waals surface area contributed by atoms with Crippen molar-refractivity contribution in [2.45, 2.75) is 46.1 Å². The van der Waals surface area contributed by atoms with Crippen LogP contribution in [0.1, 0.15) is 49.5 Å². The summed E-state index contributed by atoms with van der Waals surface area (Å²) >= 11 is 12.2. The minimum absolute atomic E-state index is 0.145. The molecule has 3 N–H and O–H groups in total. The number of nitrogens with one attached hydrogen (secondary N) is 2. The average molecular weight is 549 g/mol. The first-order valence-corrected chi connectivity index (χ1v) is 12.5. The molecular formula is C27H30Cl2N2O6. The van der Waals surface area contributed by atoms with Crippen molar-refractivity contribution in [3.8, 4) is 0 Å². The topological polar surface area (TPSA) is 122 Å². The molecular weight excluding hydrogens is 519 g/mol. The number of hydrogen-bond acceptors (Lipinski definition) is 5. The molecule has 198 valence electrons. The third-order valence-corrected chi connectivity index (χ3v) is 8.29. The lowest BCUT2D eigenvalue weighted by Crippen LogP contribution is -2.50. The average Bonchev–Trinajstić information content (AvgIpc) is 3.08. The number of halogens is 2. The van der Waals surface area contributed by atoms with Crippen LogP contribution in [-0.2, 0) is 25.5 Å². The van der Waals surface area contributed by atoms with Crippen LogP contribution in [0.3, 0.4) is 0 Å². The summed E-state index contributed by atoms with van der Waals surface area (Å²) in [4.78, 5) is 50.2. The first-order valence-electron chi connectivity index (χ1n) is 11.8. The van der Waals surface area contributed by atoms with Gasteiger partial charge in [-0.25, -0.2) is 4.79 Å². The molecule has 1 saturated carbocycles. The summed E-state index contributed by atoms with van der Waals surface area (Å²) in [6.07, 6.45) is 0.911. The summed E-state index contributed by atoms with van der Waals surface area (Å²) in [7, 11) is 1.24. The van der Waals surface area contributed by atoms with E-state index in [4.69, 9.17) is 27.9 Å². The largest absolute Gasteiger partial charge is 0.481 e. The minimum Gasteiger partial charge on any atom is -0.481 e. The summed E-state index contributed by atoms with van der Waals surface area (Å²) in [5.41, 5.74) is -0.495. The predicted octanol–water partition coefficient (Wildman–Crippen LogP) is 4.97. The van der Waals surface area contributed by atoms with Gasteiger partial charge in [0.2, 0.25) is 5.91 Å². The highest BCUT2D eigenvalue weighted by Crippen LogP contribution is 2.56. The fourth-order valence-electron chi connectivity index (χ4n) is 4.82. The van der Waals surface area contributed by atoms with Crippen LogP contribution in [0.25, 0.3) is 0 Å².